The topological polar surface area (TPSA) is 47.6 Å². The molecular formula is C21H25NO3. The molecule has 0 bridgehead atoms. The van der Waals surface area contributed by atoms with E-state index in [1.165, 1.54) is 11.1 Å². The fourth-order valence-corrected chi connectivity index (χ4v) is 2.84. The van der Waals surface area contributed by atoms with E-state index in [9.17, 15) is 4.79 Å². The number of rotatable bonds is 6. The summed E-state index contributed by atoms with van der Waals surface area (Å²) in [6.45, 7) is 6.03. The third-order valence-electron chi connectivity index (χ3n) is 4.61. The van der Waals surface area contributed by atoms with Crippen molar-refractivity contribution >= 4 is 5.91 Å². The van der Waals surface area contributed by atoms with E-state index in [-0.39, 0.29) is 12.0 Å². The average molecular weight is 339 g/mol. The molecule has 1 fully saturated rings. The standard InChI is InChI=1S/C21H25NO3/c1-15-5-10-19(12-16(15)2)25-14-17-6-8-18(9-7-17)21(23)22-13-20-4-3-11-24-20/h5-10,12,20H,3-4,11,13-14H2,1-2H3,(H,22,23)/t20-/m1/s1. The van der Waals surface area contributed by atoms with Crippen molar-refractivity contribution in [2.24, 2.45) is 0 Å². The van der Waals surface area contributed by atoms with Crippen LogP contribution in [0.4, 0.5) is 0 Å². The van der Waals surface area contributed by atoms with Crippen molar-refractivity contribution in [2.45, 2.75) is 39.4 Å². The molecule has 1 aliphatic heterocycles. The number of nitrogens with one attached hydrogen (secondary N) is 1. The van der Waals surface area contributed by atoms with Gasteiger partial charge in [0.15, 0.2) is 0 Å². The summed E-state index contributed by atoms with van der Waals surface area (Å²) in [6, 6.07) is 13.6. The molecule has 25 heavy (non-hydrogen) atoms. The lowest BCUT2D eigenvalue weighted by atomic mass is 10.1. The van der Waals surface area contributed by atoms with Crippen LogP contribution in [0.25, 0.3) is 0 Å². The molecule has 1 heterocycles. The molecular weight excluding hydrogens is 314 g/mol. The van der Waals surface area contributed by atoms with Crippen molar-refractivity contribution in [1.29, 1.82) is 0 Å². The van der Waals surface area contributed by atoms with Gasteiger partial charge >= 0.3 is 0 Å². The number of benzene rings is 2. The minimum absolute atomic E-state index is 0.0582. The summed E-state index contributed by atoms with van der Waals surface area (Å²) in [5.41, 5.74) is 4.17. The Labute approximate surface area is 149 Å². The van der Waals surface area contributed by atoms with E-state index in [0.29, 0.717) is 18.7 Å². The number of hydrogen-bond acceptors (Lipinski definition) is 3. The van der Waals surface area contributed by atoms with E-state index in [0.717, 1.165) is 30.8 Å². The average Bonchev–Trinajstić information content (AvgIpc) is 3.15. The highest BCUT2D eigenvalue weighted by atomic mass is 16.5. The highest BCUT2D eigenvalue weighted by Gasteiger charge is 2.16. The first-order valence-corrected chi connectivity index (χ1v) is 8.80. The Morgan fingerprint density at radius 1 is 1.16 bits per heavy atom. The zero-order valence-electron chi connectivity index (χ0n) is 14.9. The van der Waals surface area contributed by atoms with Gasteiger partial charge in [0.2, 0.25) is 0 Å². The Morgan fingerprint density at radius 3 is 2.64 bits per heavy atom. The quantitative estimate of drug-likeness (QED) is 0.871. The third kappa shape index (κ3) is 4.83. The normalized spacial score (nSPS) is 16.6. The number of carbonyl (C=O) groups excluding carboxylic acids is 1. The van der Waals surface area contributed by atoms with Crippen molar-refractivity contribution in [2.75, 3.05) is 13.2 Å². The molecule has 4 heteroatoms. The van der Waals surface area contributed by atoms with Gasteiger partial charge in [0.1, 0.15) is 12.4 Å². The predicted octanol–water partition coefficient (Wildman–Crippen LogP) is 3.79. The van der Waals surface area contributed by atoms with E-state index in [1.54, 1.807) is 0 Å². The van der Waals surface area contributed by atoms with Crippen LogP contribution in [-0.2, 0) is 11.3 Å². The van der Waals surface area contributed by atoms with Gasteiger partial charge in [-0.15, -0.1) is 0 Å². The Kier molecular flexibility index (Phi) is 5.71. The first-order chi connectivity index (χ1) is 12.1. The second-order valence-electron chi connectivity index (χ2n) is 6.58. The van der Waals surface area contributed by atoms with Crippen LogP contribution in [0.15, 0.2) is 42.5 Å². The summed E-state index contributed by atoms with van der Waals surface area (Å²) in [5, 5.41) is 2.93. The molecule has 0 saturated carbocycles. The van der Waals surface area contributed by atoms with Crippen LogP contribution in [-0.4, -0.2) is 25.2 Å². The van der Waals surface area contributed by atoms with Crippen LogP contribution < -0.4 is 10.1 Å². The summed E-state index contributed by atoms with van der Waals surface area (Å²) in [6.07, 6.45) is 2.26. The zero-order chi connectivity index (χ0) is 17.6. The van der Waals surface area contributed by atoms with Crippen LogP contribution in [0.1, 0.15) is 39.9 Å². The summed E-state index contributed by atoms with van der Waals surface area (Å²) in [4.78, 5) is 12.2. The van der Waals surface area contributed by atoms with Crippen molar-refractivity contribution in [1.82, 2.24) is 5.32 Å². The number of hydrogen-bond donors (Lipinski definition) is 1. The van der Waals surface area contributed by atoms with Gasteiger partial charge in [0.25, 0.3) is 5.91 Å². The maximum Gasteiger partial charge on any atom is 0.251 e. The van der Waals surface area contributed by atoms with Crippen LogP contribution in [0.5, 0.6) is 5.75 Å². The second kappa shape index (κ2) is 8.17. The Balaban J connectivity index is 1.50. The largest absolute Gasteiger partial charge is 0.489 e. The molecule has 2 aromatic rings. The molecule has 1 atom stereocenters. The van der Waals surface area contributed by atoms with Gasteiger partial charge < -0.3 is 14.8 Å². The van der Waals surface area contributed by atoms with Crippen LogP contribution in [0.3, 0.4) is 0 Å². The number of ether oxygens (including phenoxy) is 2. The molecule has 0 aromatic heterocycles. The first kappa shape index (κ1) is 17.5. The lowest BCUT2D eigenvalue weighted by Gasteiger charge is -2.11. The van der Waals surface area contributed by atoms with Gasteiger partial charge in [-0.05, 0) is 67.6 Å². The van der Waals surface area contributed by atoms with Gasteiger partial charge in [0, 0.05) is 18.7 Å². The summed E-state index contributed by atoms with van der Waals surface area (Å²) >= 11 is 0. The number of aryl methyl sites for hydroxylation is 2. The Morgan fingerprint density at radius 2 is 1.96 bits per heavy atom. The van der Waals surface area contributed by atoms with Crippen molar-refractivity contribution in [3.63, 3.8) is 0 Å². The number of carbonyl (C=O) groups is 1. The predicted molar refractivity (Wildman–Crippen MR) is 98.0 cm³/mol. The fraction of sp³-hybridized carbons (Fsp3) is 0.381. The van der Waals surface area contributed by atoms with Gasteiger partial charge in [-0.1, -0.05) is 18.2 Å². The number of amides is 1. The molecule has 132 valence electrons. The Hall–Kier alpha value is -2.33. The van der Waals surface area contributed by atoms with Crippen molar-refractivity contribution in [3.05, 3.63) is 64.7 Å². The molecule has 1 amide bonds. The summed E-state index contributed by atoms with van der Waals surface area (Å²) < 4.78 is 11.3. The lowest BCUT2D eigenvalue weighted by Crippen LogP contribution is -2.31. The molecule has 4 nitrogen and oxygen atoms in total. The van der Waals surface area contributed by atoms with Crippen LogP contribution >= 0.6 is 0 Å². The molecule has 0 unspecified atom stereocenters. The fourth-order valence-electron chi connectivity index (χ4n) is 2.84. The highest BCUT2D eigenvalue weighted by molar-refractivity contribution is 5.94. The smallest absolute Gasteiger partial charge is 0.251 e. The lowest BCUT2D eigenvalue weighted by molar-refractivity contribution is 0.0857. The molecule has 0 aliphatic carbocycles. The summed E-state index contributed by atoms with van der Waals surface area (Å²) in [7, 11) is 0. The minimum atomic E-state index is -0.0582. The molecule has 1 N–H and O–H groups in total. The van der Waals surface area contributed by atoms with E-state index in [2.05, 4.69) is 25.2 Å². The molecule has 0 radical (unpaired) electrons. The highest BCUT2D eigenvalue weighted by Crippen LogP contribution is 2.18. The first-order valence-electron chi connectivity index (χ1n) is 8.80. The van der Waals surface area contributed by atoms with E-state index >= 15 is 0 Å². The SMILES string of the molecule is Cc1ccc(OCc2ccc(C(=O)NC[C@H]3CCCO3)cc2)cc1C. The van der Waals surface area contributed by atoms with Gasteiger partial charge in [-0.3, -0.25) is 4.79 Å². The third-order valence-corrected chi connectivity index (χ3v) is 4.61. The molecule has 3 rings (SSSR count). The van der Waals surface area contributed by atoms with E-state index in [4.69, 9.17) is 9.47 Å². The maximum absolute atomic E-state index is 12.2. The van der Waals surface area contributed by atoms with E-state index in [1.807, 2.05) is 36.4 Å². The van der Waals surface area contributed by atoms with Gasteiger partial charge in [0.05, 0.1) is 6.10 Å². The second-order valence-corrected chi connectivity index (χ2v) is 6.58. The van der Waals surface area contributed by atoms with Gasteiger partial charge in [-0.25, -0.2) is 0 Å². The van der Waals surface area contributed by atoms with Crippen LogP contribution in [0.2, 0.25) is 0 Å². The molecule has 1 aliphatic rings. The minimum Gasteiger partial charge on any atom is -0.489 e. The van der Waals surface area contributed by atoms with E-state index < -0.39 is 0 Å². The molecule has 1 saturated heterocycles. The van der Waals surface area contributed by atoms with Gasteiger partial charge in [-0.2, -0.15) is 0 Å². The molecule has 2 aromatic carbocycles. The molecule has 0 spiro atoms. The van der Waals surface area contributed by atoms with Crippen molar-refractivity contribution < 1.29 is 14.3 Å². The monoisotopic (exact) mass is 339 g/mol. The summed E-state index contributed by atoms with van der Waals surface area (Å²) in [5.74, 6) is 0.804. The maximum atomic E-state index is 12.2. The van der Waals surface area contributed by atoms with Crippen molar-refractivity contribution in [3.8, 4) is 5.75 Å². The van der Waals surface area contributed by atoms with Crippen LogP contribution in [0, 0.1) is 13.8 Å². The zero-order valence-corrected chi connectivity index (χ0v) is 14.9. The Bertz CT molecular complexity index is 718.